The molecule has 0 bridgehead atoms. The van der Waals surface area contributed by atoms with Gasteiger partial charge in [-0.2, -0.15) is 0 Å². The van der Waals surface area contributed by atoms with Gasteiger partial charge in [0.1, 0.15) is 0 Å². The zero-order valence-electron chi connectivity index (χ0n) is 11.4. The second-order valence-electron chi connectivity index (χ2n) is 5.17. The van der Waals surface area contributed by atoms with Gasteiger partial charge in [-0.15, -0.1) is 0 Å². The molecule has 5 nitrogen and oxygen atoms in total. The zero-order chi connectivity index (χ0) is 12.8. The monoisotopic (exact) mass is 255 g/mol. The van der Waals surface area contributed by atoms with Crippen molar-refractivity contribution in [1.29, 1.82) is 0 Å². The van der Waals surface area contributed by atoms with E-state index in [9.17, 15) is 4.79 Å². The summed E-state index contributed by atoms with van der Waals surface area (Å²) in [6, 6.07) is 0.595. The molecule has 0 saturated carbocycles. The third-order valence-electron chi connectivity index (χ3n) is 3.92. The third kappa shape index (κ3) is 3.93. The lowest BCUT2D eigenvalue weighted by Crippen LogP contribution is -2.46. The predicted octanol–water partition coefficient (Wildman–Crippen LogP) is -0.0809. The first-order chi connectivity index (χ1) is 8.79. The van der Waals surface area contributed by atoms with Crippen LogP contribution in [0.15, 0.2) is 0 Å². The number of ether oxygens (including phenoxy) is 1. The molecule has 0 aromatic carbocycles. The molecular formula is C13H25N3O2. The van der Waals surface area contributed by atoms with E-state index in [0.717, 1.165) is 32.7 Å². The van der Waals surface area contributed by atoms with Crippen LogP contribution in [0.1, 0.15) is 19.3 Å². The Morgan fingerprint density at radius 1 is 1.33 bits per heavy atom. The molecule has 2 saturated heterocycles. The summed E-state index contributed by atoms with van der Waals surface area (Å²) in [4.78, 5) is 16.4. The van der Waals surface area contributed by atoms with Crippen LogP contribution in [0, 0.1) is 0 Å². The topological polar surface area (TPSA) is 44.8 Å². The summed E-state index contributed by atoms with van der Waals surface area (Å²) in [5.74, 6) is 0.282. The third-order valence-corrected chi connectivity index (χ3v) is 3.92. The van der Waals surface area contributed by atoms with Crippen molar-refractivity contribution in [2.24, 2.45) is 0 Å². The summed E-state index contributed by atoms with van der Waals surface area (Å²) in [5.41, 5.74) is 0. The number of piperidine rings is 1. The zero-order valence-corrected chi connectivity index (χ0v) is 11.4. The van der Waals surface area contributed by atoms with Crippen molar-refractivity contribution < 1.29 is 9.53 Å². The molecule has 0 aromatic heterocycles. The number of nitrogens with zero attached hydrogens (tertiary/aromatic N) is 2. The van der Waals surface area contributed by atoms with Crippen molar-refractivity contribution in [3.63, 3.8) is 0 Å². The van der Waals surface area contributed by atoms with Crippen molar-refractivity contribution in [2.45, 2.75) is 25.3 Å². The van der Waals surface area contributed by atoms with Crippen molar-refractivity contribution >= 4 is 5.91 Å². The van der Waals surface area contributed by atoms with E-state index in [4.69, 9.17) is 4.74 Å². The van der Waals surface area contributed by atoms with Crippen LogP contribution in [0.4, 0.5) is 0 Å². The van der Waals surface area contributed by atoms with Gasteiger partial charge >= 0.3 is 0 Å². The molecule has 1 amide bonds. The highest BCUT2D eigenvalue weighted by Crippen LogP contribution is 2.10. The van der Waals surface area contributed by atoms with Crippen molar-refractivity contribution in [3.8, 4) is 0 Å². The fourth-order valence-corrected chi connectivity index (χ4v) is 2.72. The number of rotatable bonds is 4. The fourth-order valence-electron chi connectivity index (χ4n) is 2.72. The smallest absolute Gasteiger partial charge is 0.224 e. The van der Waals surface area contributed by atoms with E-state index < -0.39 is 0 Å². The van der Waals surface area contributed by atoms with Gasteiger partial charge in [-0.3, -0.25) is 4.79 Å². The Balaban J connectivity index is 1.68. The van der Waals surface area contributed by atoms with Crippen LogP contribution in [0.2, 0.25) is 0 Å². The van der Waals surface area contributed by atoms with Crippen molar-refractivity contribution in [1.82, 2.24) is 15.1 Å². The molecule has 0 aromatic rings. The van der Waals surface area contributed by atoms with Crippen LogP contribution in [-0.2, 0) is 9.53 Å². The lowest BCUT2D eigenvalue weighted by molar-refractivity contribution is -0.135. The van der Waals surface area contributed by atoms with E-state index in [-0.39, 0.29) is 5.91 Å². The molecular weight excluding hydrogens is 230 g/mol. The second kappa shape index (κ2) is 7.07. The molecule has 0 aliphatic carbocycles. The summed E-state index contributed by atoms with van der Waals surface area (Å²) in [6.07, 6.45) is 3.14. The Hall–Kier alpha value is -0.650. The lowest BCUT2D eigenvalue weighted by atomic mass is 10.1. The van der Waals surface area contributed by atoms with Crippen molar-refractivity contribution in [2.75, 3.05) is 53.0 Å². The van der Waals surface area contributed by atoms with Gasteiger partial charge in [0.15, 0.2) is 0 Å². The number of hydrogen-bond donors (Lipinski definition) is 1. The van der Waals surface area contributed by atoms with Gasteiger partial charge in [-0.1, -0.05) is 0 Å². The standard InChI is InChI=1S/C13H25N3O2/c1-14-12-3-2-5-15(11-12)6-4-13(17)16-7-9-18-10-8-16/h12,14H,2-11H2,1H3. The predicted molar refractivity (Wildman–Crippen MR) is 70.5 cm³/mol. The summed E-state index contributed by atoms with van der Waals surface area (Å²) in [7, 11) is 2.02. The summed E-state index contributed by atoms with van der Waals surface area (Å²) >= 11 is 0. The van der Waals surface area contributed by atoms with Gasteiger partial charge in [0, 0.05) is 38.6 Å². The highest BCUT2D eigenvalue weighted by molar-refractivity contribution is 5.76. The molecule has 1 unspecified atom stereocenters. The first-order valence-electron chi connectivity index (χ1n) is 7.04. The van der Waals surface area contributed by atoms with Crippen LogP contribution in [-0.4, -0.2) is 74.7 Å². The number of amides is 1. The van der Waals surface area contributed by atoms with E-state index in [1.54, 1.807) is 0 Å². The summed E-state index contributed by atoms with van der Waals surface area (Å²) in [5, 5.41) is 3.33. The maximum atomic E-state index is 12.0. The highest BCUT2D eigenvalue weighted by Gasteiger charge is 2.21. The number of likely N-dealkylation sites (tertiary alicyclic amines) is 1. The number of likely N-dealkylation sites (N-methyl/N-ethyl adjacent to an activating group) is 1. The number of carbonyl (C=O) groups excluding carboxylic acids is 1. The number of nitrogens with one attached hydrogen (secondary N) is 1. The Morgan fingerprint density at radius 3 is 2.83 bits per heavy atom. The Labute approximate surface area is 109 Å². The number of morpholine rings is 1. The Bertz CT molecular complexity index is 267. The SMILES string of the molecule is CNC1CCCN(CCC(=O)N2CCOCC2)C1. The second-order valence-corrected chi connectivity index (χ2v) is 5.17. The minimum absolute atomic E-state index is 0.282. The molecule has 18 heavy (non-hydrogen) atoms. The summed E-state index contributed by atoms with van der Waals surface area (Å²) < 4.78 is 5.26. The first-order valence-corrected chi connectivity index (χ1v) is 7.04. The molecule has 2 rings (SSSR count). The molecule has 2 aliphatic heterocycles. The van der Waals surface area contributed by atoms with Crippen LogP contribution in [0.25, 0.3) is 0 Å². The highest BCUT2D eigenvalue weighted by atomic mass is 16.5. The number of carbonyl (C=O) groups is 1. The minimum Gasteiger partial charge on any atom is -0.378 e. The molecule has 2 aliphatic rings. The molecule has 1 N–H and O–H groups in total. The fraction of sp³-hybridized carbons (Fsp3) is 0.923. The van der Waals surface area contributed by atoms with Crippen LogP contribution in [0.5, 0.6) is 0 Å². The van der Waals surface area contributed by atoms with E-state index in [1.807, 2.05) is 11.9 Å². The molecule has 2 fully saturated rings. The van der Waals surface area contributed by atoms with E-state index in [0.29, 0.717) is 25.7 Å². The summed E-state index contributed by atoms with van der Waals surface area (Å²) in [6.45, 7) is 6.01. The normalized spacial score (nSPS) is 26.3. The maximum absolute atomic E-state index is 12.0. The van der Waals surface area contributed by atoms with Crippen LogP contribution in [0.3, 0.4) is 0 Å². The van der Waals surface area contributed by atoms with Crippen LogP contribution >= 0.6 is 0 Å². The van der Waals surface area contributed by atoms with Gasteiger partial charge < -0.3 is 19.9 Å². The van der Waals surface area contributed by atoms with Crippen molar-refractivity contribution in [3.05, 3.63) is 0 Å². The van der Waals surface area contributed by atoms with E-state index in [1.165, 1.54) is 12.8 Å². The quantitative estimate of drug-likeness (QED) is 0.763. The average Bonchev–Trinajstić information content (AvgIpc) is 2.46. The molecule has 2 heterocycles. The Kier molecular flexibility index (Phi) is 5.41. The van der Waals surface area contributed by atoms with Gasteiger partial charge in [-0.25, -0.2) is 0 Å². The van der Waals surface area contributed by atoms with E-state index >= 15 is 0 Å². The largest absolute Gasteiger partial charge is 0.378 e. The number of hydrogen-bond acceptors (Lipinski definition) is 4. The van der Waals surface area contributed by atoms with E-state index in [2.05, 4.69) is 10.2 Å². The van der Waals surface area contributed by atoms with Gasteiger partial charge in [-0.05, 0) is 26.4 Å². The molecule has 104 valence electrons. The maximum Gasteiger partial charge on any atom is 0.224 e. The van der Waals surface area contributed by atoms with Gasteiger partial charge in [0.2, 0.25) is 5.91 Å². The first kappa shape index (κ1) is 13.8. The molecule has 0 spiro atoms. The lowest BCUT2D eigenvalue weighted by Gasteiger charge is -2.33. The molecule has 0 radical (unpaired) electrons. The molecule has 5 heteroatoms. The van der Waals surface area contributed by atoms with Gasteiger partial charge in [0.05, 0.1) is 13.2 Å². The van der Waals surface area contributed by atoms with Gasteiger partial charge in [0.25, 0.3) is 0 Å². The average molecular weight is 255 g/mol. The van der Waals surface area contributed by atoms with Crippen LogP contribution < -0.4 is 5.32 Å². The Morgan fingerprint density at radius 2 is 2.11 bits per heavy atom. The molecule has 1 atom stereocenters. The minimum atomic E-state index is 0.282.